The number of benzene rings is 3. The van der Waals surface area contributed by atoms with Crippen LogP contribution in [0.5, 0.6) is 0 Å². The van der Waals surface area contributed by atoms with E-state index in [1.165, 1.54) is 0 Å². The van der Waals surface area contributed by atoms with Crippen LogP contribution in [-0.2, 0) is 32.1 Å². The van der Waals surface area contributed by atoms with Crippen LogP contribution in [0.2, 0.25) is 0 Å². The number of nitrogens with one attached hydrogen (secondary N) is 4. The zero-order chi connectivity index (χ0) is 30.1. The fourth-order valence-corrected chi connectivity index (χ4v) is 4.12. The van der Waals surface area contributed by atoms with Gasteiger partial charge in [0.15, 0.2) is 0 Å². The molecule has 4 N–H and O–H groups in total. The highest BCUT2D eigenvalue weighted by molar-refractivity contribution is 5.86. The highest BCUT2D eigenvalue weighted by Crippen LogP contribution is 2.18. The summed E-state index contributed by atoms with van der Waals surface area (Å²) in [5.41, 5.74) is 2.05. The van der Waals surface area contributed by atoms with Gasteiger partial charge in [0.25, 0.3) is 0 Å². The Balaban J connectivity index is 0.000000289. The van der Waals surface area contributed by atoms with E-state index in [0.717, 1.165) is 28.3 Å². The molecule has 8 nitrogen and oxygen atoms in total. The minimum Gasteiger partial charge on any atom is -0.358 e. The van der Waals surface area contributed by atoms with Crippen LogP contribution in [0.4, 0.5) is 0 Å². The van der Waals surface area contributed by atoms with Crippen molar-refractivity contribution >= 4 is 34.9 Å². The quantitative estimate of drug-likeness (QED) is 0.183. The number of rotatable bonds is 13. The number of aryl methyl sites for hydroxylation is 1. The van der Waals surface area contributed by atoms with E-state index in [4.69, 9.17) is 0 Å². The van der Waals surface area contributed by atoms with Gasteiger partial charge in [0.1, 0.15) is 0 Å². The Hall–Kier alpha value is -4.20. The lowest BCUT2D eigenvalue weighted by Gasteiger charge is -2.21. The predicted molar refractivity (Wildman–Crippen MR) is 164 cm³/mol. The molecular formula is C33H44N4O4. The van der Waals surface area contributed by atoms with Gasteiger partial charge >= 0.3 is 0 Å². The third kappa shape index (κ3) is 14.1. The highest BCUT2D eigenvalue weighted by atomic mass is 16.2. The lowest BCUT2D eigenvalue weighted by Crippen LogP contribution is -2.41. The Morgan fingerprint density at radius 1 is 0.805 bits per heavy atom. The zero-order valence-electron chi connectivity index (χ0n) is 24.7. The number of amides is 4. The van der Waals surface area contributed by atoms with Crippen molar-refractivity contribution in [1.29, 1.82) is 0 Å². The van der Waals surface area contributed by atoms with Gasteiger partial charge in [-0.15, -0.1) is 0 Å². The molecule has 0 aromatic heterocycles. The Morgan fingerprint density at radius 2 is 1.49 bits per heavy atom. The Bertz CT molecular complexity index is 1250. The Morgan fingerprint density at radius 3 is 2.20 bits per heavy atom. The first-order valence-corrected chi connectivity index (χ1v) is 14.1. The highest BCUT2D eigenvalue weighted by Gasteiger charge is 2.15. The van der Waals surface area contributed by atoms with Crippen molar-refractivity contribution in [3.05, 3.63) is 83.9 Å². The zero-order valence-corrected chi connectivity index (χ0v) is 24.7. The second-order valence-corrected chi connectivity index (χ2v) is 11.0. The predicted octanol–water partition coefficient (Wildman–Crippen LogP) is 4.41. The molecule has 0 aliphatic rings. The summed E-state index contributed by atoms with van der Waals surface area (Å²) in [6.07, 6.45) is 3.18. The van der Waals surface area contributed by atoms with E-state index in [1.807, 2.05) is 88.4 Å². The third-order valence-corrected chi connectivity index (χ3v) is 6.15. The molecule has 0 bridgehead atoms. The molecule has 3 aromatic rings. The summed E-state index contributed by atoms with van der Waals surface area (Å²) < 4.78 is 0. The summed E-state index contributed by atoms with van der Waals surface area (Å²) >= 11 is 0. The topological polar surface area (TPSA) is 116 Å². The van der Waals surface area contributed by atoms with Crippen LogP contribution in [0, 0.1) is 0 Å². The standard InChI is InChI=1S/C18H28N2O2.C15H16N2O2/c1-14(10-12-17(22)20-18(2,3)4)19-16(21)13-11-15-8-6-5-7-9-15;18-11-16-9-8-15(19)17-10-13-6-3-5-12-4-1-2-7-14(12)13/h5-9,14H,10-13H2,1-4H3,(H,19,21)(H,20,22);1-7,11H,8-10H2,(H,16,18)(H,17,19). The lowest BCUT2D eigenvalue weighted by atomic mass is 10.0. The first-order valence-electron chi connectivity index (χ1n) is 14.1. The van der Waals surface area contributed by atoms with Gasteiger partial charge in [0.05, 0.1) is 0 Å². The molecule has 0 fully saturated rings. The molecule has 4 amide bonds. The van der Waals surface area contributed by atoms with Crippen molar-refractivity contribution in [1.82, 2.24) is 21.3 Å². The van der Waals surface area contributed by atoms with Gasteiger partial charge in [-0.3, -0.25) is 19.2 Å². The van der Waals surface area contributed by atoms with Gasteiger partial charge in [-0.2, -0.15) is 0 Å². The summed E-state index contributed by atoms with van der Waals surface area (Å²) in [7, 11) is 0. The van der Waals surface area contributed by atoms with Crippen molar-refractivity contribution in [2.45, 2.75) is 77.9 Å². The third-order valence-electron chi connectivity index (χ3n) is 6.15. The molecular weight excluding hydrogens is 516 g/mol. The van der Waals surface area contributed by atoms with E-state index in [-0.39, 0.29) is 29.3 Å². The van der Waals surface area contributed by atoms with Crippen LogP contribution in [0.3, 0.4) is 0 Å². The van der Waals surface area contributed by atoms with Crippen LogP contribution >= 0.6 is 0 Å². The van der Waals surface area contributed by atoms with E-state index in [2.05, 4.69) is 33.4 Å². The molecule has 0 spiro atoms. The van der Waals surface area contributed by atoms with E-state index < -0.39 is 0 Å². The van der Waals surface area contributed by atoms with Crippen molar-refractivity contribution in [3.63, 3.8) is 0 Å². The number of hydrogen-bond donors (Lipinski definition) is 4. The summed E-state index contributed by atoms with van der Waals surface area (Å²) in [6.45, 7) is 8.68. The first kappa shape index (κ1) is 33.0. The van der Waals surface area contributed by atoms with Gasteiger partial charge in [-0.1, -0.05) is 72.8 Å². The number of fused-ring (bicyclic) bond motifs is 1. The summed E-state index contributed by atoms with van der Waals surface area (Å²) in [6, 6.07) is 24.1. The maximum atomic E-state index is 11.9. The molecule has 41 heavy (non-hydrogen) atoms. The van der Waals surface area contributed by atoms with Gasteiger partial charge in [-0.25, -0.2) is 0 Å². The van der Waals surface area contributed by atoms with Crippen LogP contribution in [0.1, 0.15) is 64.5 Å². The molecule has 0 radical (unpaired) electrons. The Kier molecular flexibility index (Phi) is 14.1. The van der Waals surface area contributed by atoms with Crippen LogP contribution in [-0.4, -0.2) is 42.3 Å². The molecule has 1 unspecified atom stereocenters. The molecule has 0 saturated heterocycles. The van der Waals surface area contributed by atoms with Crippen molar-refractivity contribution in [3.8, 4) is 0 Å². The van der Waals surface area contributed by atoms with Crippen molar-refractivity contribution < 1.29 is 19.2 Å². The molecule has 1 atom stereocenters. The molecule has 0 heterocycles. The average Bonchev–Trinajstić information content (AvgIpc) is 2.94. The summed E-state index contributed by atoms with van der Waals surface area (Å²) in [5, 5.41) is 13.5. The van der Waals surface area contributed by atoms with E-state index in [9.17, 15) is 19.2 Å². The van der Waals surface area contributed by atoms with E-state index >= 15 is 0 Å². The molecule has 220 valence electrons. The van der Waals surface area contributed by atoms with Gasteiger partial charge < -0.3 is 21.3 Å². The molecule has 0 aliphatic carbocycles. The first-order chi connectivity index (χ1) is 19.6. The summed E-state index contributed by atoms with van der Waals surface area (Å²) in [4.78, 5) is 45.3. The maximum absolute atomic E-state index is 11.9. The maximum Gasteiger partial charge on any atom is 0.222 e. The monoisotopic (exact) mass is 560 g/mol. The Labute approximate surface area is 243 Å². The average molecular weight is 561 g/mol. The van der Waals surface area contributed by atoms with Crippen LogP contribution < -0.4 is 21.3 Å². The molecule has 3 aromatic carbocycles. The van der Waals surface area contributed by atoms with Gasteiger partial charge in [0, 0.05) is 43.9 Å². The largest absolute Gasteiger partial charge is 0.358 e. The molecule has 0 aliphatic heterocycles. The minimum atomic E-state index is -0.209. The fraction of sp³-hybridized carbons (Fsp3) is 0.394. The molecule has 0 saturated carbocycles. The number of carbonyl (C=O) groups excluding carboxylic acids is 4. The van der Waals surface area contributed by atoms with E-state index in [0.29, 0.717) is 45.2 Å². The lowest BCUT2D eigenvalue weighted by molar-refractivity contribution is -0.124. The fourth-order valence-electron chi connectivity index (χ4n) is 4.12. The van der Waals surface area contributed by atoms with Gasteiger partial charge in [0.2, 0.25) is 24.1 Å². The normalized spacial score (nSPS) is 11.4. The summed E-state index contributed by atoms with van der Waals surface area (Å²) in [5.74, 6) is -0.00671. The van der Waals surface area contributed by atoms with Crippen LogP contribution in [0.25, 0.3) is 10.8 Å². The minimum absolute atomic E-state index is 0.00833. The van der Waals surface area contributed by atoms with E-state index in [1.54, 1.807) is 0 Å². The van der Waals surface area contributed by atoms with Gasteiger partial charge in [-0.05, 0) is 62.4 Å². The number of carbonyl (C=O) groups is 4. The second-order valence-electron chi connectivity index (χ2n) is 11.0. The van der Waals surface area contributed by atoms with Crippen molar-refractivity contribution in [2.24, 2.45) is 0 Å². The molecule has 3 rings (SSSR count). The van der Waals surface area contributed by atoms with Crippen molar-refractivity contribution in [2.75, 3.05) is 6.54 Å². The smallest absolute Gasteiger partial charge is 0.222 e. The number of hydrogen-bond acceptors (Lipinski definition) is 4. The second kappa shape index (κ2) is 17.5. The molecule has 8 heteroatoms. The SMILES string of the molecule is CC(CCC(=O)NC(C)(C)C)NC(=O)CCc1ccccc1.O=CNCCC(=O)NCc1cccc2ccccc12. The van der Waals surface area contributed by atoms with Crippen LogP contribution in [0.15, 0.2) is 72.8 Å².